The molecule has 2 aromatic rings. The maximum atomic E-state index is 11.8. The van der Waals surface area contributed by atoms with Crippen LogP contribution in [0.5, 0.6) is 0 Å². The molecular formula is C16H11N3O3. The van der Waals surface area contributed by atoms with Crippen molar-refractivity contribution in [2.75, 3.05) is 7.05 Å². The molecule has 0 aliphatic carbocycles. The molecule has 3 rings (SSSR count). The van der Waals surface area contributed by atoms with Crippen LogP contribution in [-0.2, 0) is 4.79 Å². The summed E-state index contributed by atoms with van der Waals surface area (Å²) in [4.78, 5) is 24.2. The summed E-state index contributed by atoms with van der Waals surface area (Å²) in [7, 11) is 1.40. The molecule has 2 heterocycles. The lowest BCUT2D eigenvalue weighted by Gasteiger charge is -1.99. The molecule has 0 saturated carbocycles. The Morgan fingerprint density at radius 1 is 1.23 bits per heavy atom. The van der Waals surface area contributed by atoms with Crippen LogP contribution < -0.4 is 5.32 Å². The van der Waals surface area contributed by atoms with Crippen molar-refractivity contribution in [3.63, 3.8) is 0 Å². The van der Waals surface area contributed by atoms with Crippen LogP contribution in [0.3, 0.4) is 0 Å². The highest BCUT2D eigenvalue weighted by Gasteiger charge is 2.30. The number of carbonyl (C=O) groups excluding carboxylic acids is 2. The molecule has 0 unspecified atom stereocenters. The average molecular weight is 293 g/mol. The monoisotopic (exact) mass is 293 g/mol. The molecule has 1 aromatic heterocycles. The molecule has 108 valence electrons. The molecule has 1 aliphatic heterocycles. The molecule has 1 saturated heterocycles. The zero-order valence-corrected chi connectivity index (χ0v) is 11.7. The molecule has 6 nitrogen and oxygen atoms in total. The lowest BCUT2D eigenvalue weighted by atomic mass is 10.1. The van der Waals surface area contributed by atoms with Crippen LogP contribution in [0.2, 0.25) is 0 Å². The Balaban J connectivity index is 1.94. The van der Waals surface area contributed by atoms with E-state index in [9.17, 15) is 9.59 Å². The number of rotatable bonds is 2. The molecule has 0 atom stereocenters. The molecular weight excluding hydrogens is 282 g/mol. The van der Waals surface area contributed by atoms with Crippen molar-refractivity contribution in [2.24, 2.45) is 0 Å². The SMILES string of the molecule is CN1C(=O)N/C(=C/c2ccc(-c3ccccc3C#N)o2)C1=O. The highest BCUT2D eigenvalue weighted by atomic mass is 16.3. The fraction of sp³-hybridized carbons (Fsp3) is 0.0625. The zero-order valence-electron chi connectivity index (χ0n) is 11.7. The van der Waals surface area contributed by atoms with Crippen molar-refractivity contribution in [3.8, 4) is 17.4 Å². The molecule has 22 heavy (non-hydrogen) atoms. The molecule has 1 aliphatic rings. The first kappa shape index (κ1) is 13.6. The van der Waals surface area contributed by atoms with Gasteiger partial charge in [-0.05, 0) is 24.3 Å². The topological polar surface area (TPSA) is 86.3 Å². The summed E-state index contributed by atoms with van der Waals surface area (Å²) in [6.45, 7) is 0. The van der Waals surface area contributed by atoms with E-state index in [0.29, 0.717) is 22.6 Å². The van der Waals surface area contributed by atoms with Gasteiger partial charge >= 0.3 is 6.03 Å². The molecule has 1 N–H and O–H groups in total. The molecule has 3 amide bonds. The third kappa shape index (κ3) is 2.25. The summed E-state index contributed by atoms with van der Waals surface area (Å²) in [5.41, 5.74) is 1.33. The minimum Gasteiger partial charge on any atom is -0.457 e. The Bertz CT molecular complexity index is 842. The molecule has 0 spiro atoms. The zero-order chi connectivity index (χ0) is 15.7. The van der Waals surface area contributed by atoms with E-state index in [1.165, 1.54) is 13.1 Å². The van der Waals surface area contributed by atoms with Crippen molar-refractivity contribution < 1.29 is 14.0 Å². The highest BCUT2D eigenvalue weighted by Crippen LogP contribution is 2.26. The van der Waals surface area contributed by atoms with Crippen LogP contribution in [0.1, 0.15) is 11.3 Å². The lowest BCUT2D eigenvalue weighted by molar-refractivity contribution is -0.121. The van der Waals surface area contributed by atoms with Crippen molar-refractivity contribution in [2.45, 2.75) is 0 Å². The van der Waals surface area contributed by atoms with Gasteiger partial charge in [-0.2, -0.15) is 5.26 Å². The van der Waals surface area contributed by atoms with Gasteiger partial charge in [-0.15, -0.1) is 0 Å². The van der Waals surface area contributed by atoms with Crippen LogP contribution >= 0.6 is 0 Å². The largest absolute Gasteiger partial charge is 0.457 e. The van der Waals surface area contributed by atoms with Gasteiger partial charge in [-0.1, -0.05) is 12.1 Å². The molecule has 1 aromatic carbocycles. The van der Waals surface area contributed by atoms with Gasteiger partial charge in [0, 0.05) is 18.7 Å². The van der Waals surface area contributed by atoms with E-state index in [1.807, 2.05) is 6.07 Å². The summed E-state index contributed by atoms with van der Waals surface area (Å²) in [5.74, 6) is 0.524. The number of amides is 3. The van der Waals surface area contributed by atoms with Crippen molar-refractivity contribution in [1.29, 1.82) is 5.26 Å². The van der Waals surface area contributed by atoms with Crippen molar-refractivity contribution in [1.82, 2.24) is 10.2 Å². The summed E-state index contributed by atoms with van der Waals surface area (Å²) in [6, 6.07) is 12.1. The van der Waals surface area contributed by atoms with Gasteiger partial charge < -0.3 is 9.73 Å². The smallest absolute Gasteiger partial charge is 0.328 e. The Labute approximate surface area is 126 Å². The first-order valence-corrected chi connectivity index (χ1v) is 6.50. The van der Waals surface area contributed by atoms with E-state index in [1.54, 1.807) is 30.3 Å². The van der Waals surface area contributed by atoms with Crippen molar-refractivity contribution >= 4 is 18.0 Å². The lowest BCUT2D eigenvalue weighted by Crippen LogP contribution is -2.25. The van der Waals surface area contributed by atoms with E-state index in [0.717, 1.165) is 4.90 Å². The number of hydrogen-bond acceptors (Lipinski definition) is 4. The van der Waals surface area contributed by atoms with Gasteiger partial charge in [0.15, 0.2) is 0 Å². The predicted molar refractivity (Wildman–Crippen MR) is 78.1 cm³/mol. The maximum Gasteiger partial charge on any atom is 0.328 e. The Morgan fingerprint density at radius 2 is 2.00 bits per heavy atom. The van der Waals surface area contributed by atoms with Gasteiger partial charge in [0.05, 0.1) is 11.6 Å². The normalized spacial score (nSPS) is 16.0. The van der Waals surface area contributed by atoms with Crippen LogP contribution in [0, 0.1) is 11.3 Å². The second-order valence-electron chi connectivity index (χ2n) is 4.71. The fourth-order valence-corrected chi connectivity index (χ4v) is 2.14. The van der Waals surface area contributed by atoms with Gasteiger partial charge in [0.1, 0.15) is 17.2 Å². The summed E-state index contributed by atoms with van der Waals surface area (Å²) >= 11 is 0. The number of nitrogens with one attached hydrogen (secondary N) is 1. The fourth-order valence-electron chi connectivity index (χ4n) is 2.14. The van der Waals surface area contributed by atoms with Crippen molar-refractivity contribution in [3.05, 3.63) is 53.4 Å². The van der Waals surface area contributed by atoms with E-state index in [4.69, 9.17) is 9.68 Å². The molecule has 0 bridgehead atoms. The average Bonchev–Trinajstić information content (AvgIpc) is 3.09. The molecule has 0 radical (unpaired) electrons. The highest BCUT2D eigenvalue weighted by molar-refractivity contribution is 6.13. The van der Waals surface area contributed by atoms with Crippen LogP contribution in [0.25, 0.3) is 17.4 Å². The van der Waals surface area contributed by atoms with E-state index >= 15 is 0 Å². The summed E-state index contributed by atoms with van der Waals surface area (Å²) in [6.07, 6.45) is 1.46. The van der Waals surface area contributed by atoms with Crippen LogP contribution in [-0.4, -0.2) is 23.9 Å². The van der Waals surface area contributed by atoms with Gasteiger partial charge in [0.2, 0.25) is 0 Å². The van der Waals surface area contributed by atoms with Gasteiger partial charge in [-0.25, -0.2) is 4.79 Å². The number of furan rings is 1. The Kier molecular flexibility index (Phi) is 3.24. The summed E-state index contributed by atoms with van der Waals surface area (Å²) in [5, 5.41) is 11.6. The number of urea groups is 1. The van der Waals surface area contributed by atoms with E-state index in [-0.39, 0.29) is 5.70 Å². The van der Waals surface area contributed by atoms with Gasteiger partial charge in [-0.3, -0.25) is 9.69 Å². The number of benzene rings is 1. The first-order valence-electron chi connectivity index (χ1n) is 6.50. The quantitative estimate of drug-likeness (QED) is 0.680. The number of likely N-dealkylation sites (N-methyl/N-ethyl adjacent to an activating group) is 1. The summed E-state index contributed by atoms with van der Waals surface area (Å²) < 4.78 is 5.64. The second kappa shape index (κ2) is 5.22. The second-order valence-corrected chi connectivity index (χ2v) is 4.71. The minimum absolute atomic E-state index is 0.155. The number of carbonyl (C=O) groups is 2. The third-order valence-electron chi connectivity index (χ3n) is 3.31. The van der Waals surface area contributed by atoms with E-state index < -0.39 is 11.9 Å². The molecule has 1 fully saturated rings. The third-order valence-corrected chi connectivity index (χ3v) is 3.31. The number of nitrogens with zero attached hydrogens (tertiary/aromatic N) is 2. The van der Waals surface area contributed by atoms with Gasteiger partial charge in [0.25, 0.3) is 5.91 Å². The van der Waals surface area contributed by atoms with Crippen LogP contribution in [0.15, 0.2) is 46.5 Å². The first-order chi connectivity index (χ1) is 10.6. The molecule has 6 heteroatoms. The Morgan fingerprint density at radius 3 is 2.68 bits per heavy atom. The van der Waals surface area contributed by atoms with E-state index in [2.05, 4.69) is 11.4 Å². The number of hydrogen-bond donors (Lipinski definition) is 1. The minimum atomic E-state index is -0.474. The standard InChI is InChI=1S/C16H11N3O3/c1-19-15(20)13(18-16(19)21)8-11-6-7-14(22-11)12-5-3-2-4-10(12)9-17/h2-8H,1H3,(H,18,21)/b13-8+. The number of imide groups is 1. The Hall–Kier alpha value is -3.33. The predicted octanol–water partition coefficient (Wildman–Crippen LogP) is 2.34. The van der Waals surface area contributed by atoms with Crippen LogP contribution in [0.4, 0.5) is 4.79 Å². The maximum absolute atomic E-state index is 11.8. The number of nitriles is 1.